The Balaban J connectivity index is 1.83. The molecule has 0 bridgehead atoms. The van der Waals surface area contributed by atoms with Crippen molar-refractivity contribution in [2.45, 2.75) is 19.5 Å². The Bertz CT molecular complexity index is 761. The maximum atomic E-state index is 12.5. The van der Waals surface area contributed by atoms with E-state index >= 15 is 0 Å². The summed E-state index contributed by atoms with van der Waals surface area (Å²) in [6.07, 6.45) is -4.74. The Hall–Kier alpha value is -2.21. The minimum absolute atomic E-state index is 0.150. The number of rotatable bonds is 3. The first-order chi connectivity index (χ1) is 10.8. The van der Waals surface area contributed by atoms with Crippen LogP contribution in [0.5, 0.6) is 5.75 Å². The first kappa shape index (κ1) is 15.7. The predicted octanol–water partition coefficient (Wildman–Crippen LogP) is 4.58. The Labute approximate surface area is 135 Å². The van der Waals surface area contributed by atoms with E-state index in [1.54, 1.807) is 35.2 Å². The van der Waals surface area contributed by atoms with E-state index in [0.717, 1.165) is 11.1 Å². The zero-order valence-electron chi connectivity index (χ0n) is 11.8. The number of fused-ring (bicyclic) bond motifs is 1. The zero-order valence-corrected chi connectivity index (χ0v) is 12.6. The topological polar surface area (TPSA) is 36.3 Å². The predicted molar refractivity (Wildman–Crippen MR) is 80.7 cm³/mol. The van der Waals surface area contributed by atoms with Gasteiger partial charge >= 0.3 is 6.36 Å². The zero-order chi connectivity index (χ0) is 16.6. The lowest BCUT2D eigenvalue weighted by Crippen LogP contribution is -2.25. The van der Waals surface area contributed by atoms with Crippen molar-refractivity contribution < 1.29 is 17.9 Å². The lowest BCUT2D eigenvalue weighted by atomic mass is 10.1. The molecular weight excluding hydrogens is 329 g/mol. The van der Waals surface area contributed by atoms with Gasteiger partial charge < -0.3 is 9.64 Å². The number of alkyl halides is 3. The second-order valence-corrected chi connectivity index (χ2v) is 5.60. The lowest BCUT2D eigenvalue weighted by Gasteiger charge is -2.20. The number of para-hydroxylation sites is 1. The molecule has 2 aromatic carbocycles. The Morgan fingerprint density at radius 2 is 1.91 bits per heavy atom. The van der Waals surface area contributed by atoms with Gasteiger partial charge in [-0.15, -0.1) is 13.2 Å². The summed E-state index contributed by atoms with van der Waals surface area (Å²) in [5.41, 5.74) is 1.99. The molecule has 3 rings (SSSR count). The highest BCUT2D eigenvalue weighted by Crippen LogP contribution is 2.31. The normalized spacial score (nSPS) is 14.1. The van der Waals surface area contributed by atoms with E-state index in [1.165, 1.54) is 12.1 Å². The molecule has 0 radical (unpaired) electrons. The molecule has 0 saturated carbocycles. The van der Waals surface area contributed by atoms with Crippen molar-refractivity contribution in [3.05, 3.63) is 64.2 Å². The third kappa shape index (κ3) is 3.42. The van der Waals surface area contributed by atoms with Crippen LogP contribution in [0.3, 0.4) is 0 Å². The van der Waals surface area contributed by atoms with Gasteiger partial charge in [0.25, 0.3) is 0 Å². The summed E-state index contributed by atoms with van der Waals surface area (Å²) in [5.74, 6) is 0.0141. The largest absolute Gasteiger partial charge is 0.573 e. The van der Waals surface area contributed by atoms with Crippen LogP contribution in [0.1, 0.15) is 16.7 Å². The number of hydrogen-bond donors (Lipinski definition) is 1. The molecule has 0 unspecified atom stereocenters. The van der Waals surface area contributed by atoms with Gasteiger partial charge in [0.15, 0.2) is 0 Å². The monoisotopic (exact) mass is 340 g/mol. The van der Waals surface area contributed by atoms with Crippen LogP contribution < -0.4 is 4.74 Å². The van der Waals surface area contributed by atoms with Gasteiger partial charge in [-0.05, 0) is 29.8 Å². The quantitative estimate of drug-likeness (QED) is 0.887. The van der Waals surface area contributed by atoms with E-state index in [4.69, 9.17) is 17.0 Å². The Morgan fingerprint density at radius 1 is 1.17 bits per heavy atom. The number of hydrogen-bond acceptors (Lipinski definition) is 2. The Morgan fingerprint density at radius 3 is 2.65 bits per heavy atom. The standard InChI is InChI=1S/C16H12ClF3N2O/c17-12-5-6-13-11(7-12)9-22(15(13)21)8-10-3-1-2-4-14(10)23-16(18,19)20/h1-7,21H,8-9H2. The third-order valence-corrected chi connectivity index (χ3v) is 3.79. The fourth-order valence-corrected chi connectivity index (χ4v) is 2.77. The molecule has 1 aliphatic rings. The molecule has 0 aliphatic carbocycles. The minimum Gasteiger partial charge on any atom is -0.405 e. The highest BCUT2D eigenvalue weighted by atomic mass is 35.5. The summed E-state index contributed by atoms with van der Waals surface area (Å²) in [5, 5.41) is 8.75. The van der Waals surface area contributed by atoms with Crippen LogP contribution in [0.2, 0.25) is 5.02 Å². The first-order valence-electron chi connectivity index (χ1n) is 6.79. The molecule has 1 N–H and O–H groups in total. The van der Waals surface area contributed by atoms with Crippen molar-refractivity contribution >= 4 is 17.4 Å². The van der Waals surface area contributed by atoms with Crippen molar-refractivity contribution in [3.8, 4) is 5.75 Å². The van der Waals surface area contributed by atoms with E-state index in [9.17, 15) is 13.2 Å². The number of halogens is 4. The highest BCUT2D eigenvalue weighted by Gasteiger charge is 2.32. The number of amidine groups is 1. The van der Waals surface area contributed by atoms with Crippen molar-refractivity contribution in [2.24, 2.45) is 0 Å². The van der Waals surface area contributed by atoms with Gasteiger partial charge in [0, 0.05) is 29.2 Å². The highest BCUT2D eigenvalue weighted by molar-refractivity contribution is 6.30. The second-order valence-electron chi connectivity index (χ2n) is 5.16. The van der Waals surface area contributed by atoms with Crippen molar-refractivity contribution in [2.75, 3.05) is 0 Å². The van der Waals surface area contributed by atoms with Crippen LogP contribution in [0.15, 0.2) is 42.5 Å². The van der Waals surface area contributed by atoms with Gasteiger partial charge in [-0.2, -0.15) is 0 Å². The van der Waals surface area contributed by atoms with Gasteiger partial charge in [-0.3, -0.25) is 5.41 Å². The third-order valence-electron chi connectivity index (χ3n) is 3.56. The second kappa shape index (κ2) is 5.77. The van der Waals surface area contributed by atoms with Gasteiger partial charge in [-0.25, -0.2) is 0 Å². The van der Waals surface area contributed by atoms with E-state index in [-0.39, 0.29) is 18.1 Å². The summed E-state index contributed by atoms with van der Waals surface area (Å²) in [6, 6.07) is 11.2. The smallest absolute Gasteiger partial charge is 0.405 e. The summed E-state index contributed by atoms with van der Waals surface area (Å²) >= 11 is 5.94. The van der Waals surface area contributed by atoms with E-state index in [2.05, 4.69) is 4.74 Å². The van der Waals surface area contributed by atoms with Crippen LogP contribution in [0.25, 0.3) is 0 Å². The molecule has 7 heteroatoms. The van der Waals surface area contributed by atoms with Crippen molar-refractivity contribution in [1.29, 1.82) is 5.41 Å². The van der Waals surface area contributed by atoms with Gasteiger partial charge in [-0.1, -0.05) is 29.8 Å². The molecule has 1 heterocycles. The summed E-state index contributed by atoms with van der Waals surface area (Å²) < 4.78 is 41.5. The van der Waals surface area contributed by atoms with Crippen LogP contribution in [-0.4, -0.2) is 17.1 Å². The number of nitrogens with one attached hydrogen (secondary N) is 1. The van der Waals surface area contributed by atoms with E-state index in [1.807, 2.05) is 0 Å². The molecule has 0 spiro atoms. The summed E-state index contributed by atoms with van der Waals surface area (Å²) in [6.45, 7) is 0.576. The molecule has 23 heavy (non-hydrogen) atoms. The van der Waals surface area contributed by atoms with Crippen LogP contribution in [-0.2, 0) is 13.1 Å². The van der Waals surface area contributed by atoms with E-state index in [0.29, 0.717) is 17.1 Å². The van der Waals surface area contributed by atoms with E-state index < -0.39 is 6.36 Å². The maximum absolute atomic E-state index is 12.5. The van der Waals surface area contributed by atoms with Crippen LogP contribution in [0.4, 0.5) is 13.2 Å². The fraction of sp³-hybridized carbons (Fsp3) is 0.188. The Kier molecular flexibility index (Phi) is 3.93. The molecule has 2 aromatic rings. The maximum Gasteiger partial charge on any atom is 0.573 e. The van der Waals surface area contributed by atoms with Gasteiger partial charge in [0.05, 0.1) is 0 Å². The average Bonchev–Trinajstić information content (AvgIpc) is 2.75. The minimum atomic E-state index is -4.74. The molecule has 120 valence electrons. The number of benzene rings is 2. The van der Waals surface area contributed by atoms with Crippen LogP contribution in [0, 0.1) is 5.41 Å². The average molecular weight is 341 g/mol. The SMILES string of the molecule is N=C1c2ccc(Cl)cc2CN1Cc1ccccc1OC(F)(F)F. The molecule has 0 fully saturated rings. The first-order valence-corrected chi connectivity index (χ1v) is 7.17. The van der Waals surface area contributed by atoms with Gasteiger partial charge in [0.1, 0.15) is 11.6 Å². The van der Waals surface area contributed by atoms with Crippen molar-refractivity contribution in [3.63, 3.8) is 0 Å². The van der Waals surface area contributed by atoms with Crippen LogP contribution >= 0.6 is 11.6 Å². The molecule has 0 saturated heterocycles. The van der Waals surface area contributed by atoms with Gasteiger partial charge in [0.2, 0.25) is 0 Å². The molecule has 0 amide bonds. The molecule has 3 nitrogen and oxygen atoms in total. The molecular formula is C16H12ClF3N2O. The number of ether oxygens (including phenoxy) is 1. The lowest BCUT2D eigenvalue weighted by molar-refractivity contribution is -0.275. The fourth-order valence-electron chi connectivity index (χ4n) is 2.58. The van der Waals surface area contributed by atoms with Crippen molar-refractivity contribution in [1.82, 2.24) is 4.90 Å². The molecule has 0 aromatic heterocycles. The molecule has 0 atom stereocenters. The summed E-state index contributed by atoms with van der Waals surface area (Å²) in [4.78, 5) is 1.68. The summed E-state index contributed by atoms with van der Waals surface area (Å²) in [7, 11) is 0. The number of nitrogens with zero attached hydrogens (tertiary/aromatic N) is 1. The molecule has 1 aliphatic heterocycles.